The Balaban J connectivity index is 0.919. The van der Waals surface area contributed by atoms with Gasteiger partial charge in [0.1, 0.15) is 61.6 Å². The lowest BCUT2D eigenvalue weighted by molar-refractivity contribution is 0.0879. The minimum absolute atomic E-state index is 0.279. The molecule has 0 aliphatic carbocycles. The van der Waals surface area contributed by atoms with E-state index in [1.807, 2.05) is 72.8 Å². The maximum Gasteiger partial charge on any atom is 0.122 e. The third-order valence-corrected chi connectivity index (χ3v) is 6.59. The first-order valence-corrected chi connectivity index (χ1v) is 13.8. The molecule has 2 aliphatic rings. The number of rotatable bonds is 17. The van der Waals surface area contributed by atoms with Crippen LogP contribution in [-0.2, 0) is 18.9 Å². The van der Waals surface area contributed by atoms with Gasteiger partial charge in [-0.3, -0.25) is 0 Å². The molecule has 0 saturated carbocycles. The SMILES string of the molecule is c1cc2cc(OCCOc3ccc4cc(OCCOCC5CO5)ccc4c3)ccc2cc1OCCOCC1CO1. The van der Waals surface area contributed by atoms with E-state index in [0.29, 0.717) is 52.9 Å². The van der Waals surface area contributed by atoms with E-state index >= 15 is 0 Å². The number of ether oxygens (including phenoxy) is 8. The van der Waals surface area contributed by atoms with Crippen molar-refractivity contribution in [2.75, 3.05) is 66.1 Å². The number of benzene rings is 4. The molecular weight excluding hydrogens is 512 g/mol. The summed E-state index contributed by atoms with van der Waals surface area (Å²) >= 11 is 0. The molecule has 40 heavy (non-hydrogen) atoms. The molecular formula is C32H34O8. The van der Waals surface area contributed by atoms with Crippen molar-refractivity contribution in [3.8, 4) is 23.0 Å². The second-order valence-electron chi connectivity index (χ2n) is 9.80. The van der Waals surface area contributed by atoms with Crippen molar-refractivity contribution in [3.05, 3.63) is 72.8 Å². The minimum atomic E-state index is 0.279. The molecule has 8 heteroatoms. The summed E-state index contributed by atoms with van der Waals surface area (Å²) in [6.07, 6.45) is 0.558. The van der Waals surface area contributed by atoms with E-state index in [1.54, 1.807) is 0 Å². The zero-order chi connectivity index (χ0) is 27.0. The van der Waals surface area contributed by atoms with Crippen LogP contribution in [-0.4, -0.2) is 78.3 Å². The van der Waals surface area contributed by atoms with Crippen LogP contribution in [0.2, 0.25) is 0 Å². The highest BCUT2D eigenvalue weighted by Gasteiger charge is 2.22. The van der Waals surface area contributed by atoms with Gasteiger partial charge in [0.2, 0.25) is 0 Å². The maximum absolute atomic E-state index is 5.94. The highest BCUT2D eigenvalue weighted by molar-refractivity contribution is 5.86. The Labute approximate surface area is 233 Å². The van der Waals surface area contributed by atoms with Crippen molar-refractivity contribution in [2.24, 2.45) is 0 Å². The van der Waals surface area contributed by atoms with Gasteiger partial charge in [0.05, 0.1) is 39.6 Å². The third-order valence-electron chi connectivity index (χ3n) is 6.59. The molecule has 0 N–H and O–H groups in total. The van der Waals surface area contributed by atoms with E-state index in [9.17, 15) is 0 Å². The van der Waals surface area contributed by atoms with Gasteiger partial charge in [0.15, 0.2) is 0 Å². The largest absolute Gasteiger partial charge is 0.491 e. The summed E-state index contributed by atoms with van der Waals surface area (Å²) < 4.78 is 44.8. The van der Waals surface area contributed by atoms with Gasteiger partial charge in [0, 0.05) is 0 Å². The maximum atomic E-state index is 5.94. The van der Waals surface area contributed by atoms with Crippen LogP contribution < -0.4 is 18.9 Å². The Morgan fingerprint density at radius 3 is 1.05 bits per heavy atom. The smallest absolute Gasteiger partial charge is 0.122 e. The zero-order valence-corrected chi connectivity index (χ0v) is 22.4. The second-order valence-corrected chi connectivity index (χ2v) is 9.80. The fourth-order valence-corrected chi connectivity index (χ4v) is 4.28. The van der Waals surface area contributed by atoms with Crippen LogP contribution in [0.1, 0.15) is 0 Å². The van der Waals surface area contributed by atoms with Crippen molar-refractivity contribution in [2.45, 2.75) is 12.2 Å². The number of epoxide rings is 2. The van der Waals surface area contributed by atoms with E-state index in [-0.39, 0.29) is 12.2 Å². The summed E-state index contributed by atoms with van der Waals surface area (Å²) in [6, 6.07) is 24.1. The average Bonchev–Trinajstić information content (AvgIpc) is 3.91. The fraction of sp³-hybridized carbons (Fsp3) is 0.375. The molecule has 0 aromatic heterocycles. The van der Waals surface area contributed by atoms with Gasteiger partial charge < -0.3 is 37.9 Å². The topological polar surface area (TPSA) is 80.4 Å². The summed E-state index contributed by atoms with van der Waals surface area (Å²) in [7, 11) is 0. The standard InChI is InChI=1S/C32H34O8/c1-5-27(35-11-9-33-19-31-21-39-31)15-23-3-7-29(17-25(1)23)37-13-14-38-30-8-4-24-16-28(6-2-26(24)18-30)36-12-10-34-20-32-22-40-32/h1-8,15-18,31-32H,9-14,19-22H2. The zero-order valence-electron chi connectivity index (χ0n) is 22.4. The molecule has 2 unspecified atom stereocenters. The monoisotopic (exact) mass is 546 g/mol. The Kier molecular flexibility index (Phi) is 8.79. The molecule has 0 amide bonds. The van der Waals surface area contributed by atoms with Crippen molar-refractivity contribution in [1.29, 1.82) is 0 Å². The lowest BCUT2D eigenvalue weighted by Crippen LogP contribution is -2.10. The number of fused-ring (bicyclic) bond motifs is 2. The first-order chi connectivity index (χ1) is 19.8. The van der Waals surface area contributed by atoms with E-state index in [2.05, 4.69) is 0 Å². The molecule has 0 bridgehead atoms. The van der Waals surface area contributed by atoms with Crippen LogP contribution in [0.15, 0.2) is 72.8 Å². The summed E-state index contributed by atoms with van der Waals surface area (Å²) in [5.41, 5.74) is 0. The van der Waals surface area contributed by atoms with Crippen LogP contribution in [0.4, 0.5) is 0 Å². The highest BCUT2D eigenvalue weighted by atomic mass is 16.6. The van der Waals surface area contributed by atoms with Crippen molar-refractivity contribution < 1.29 is 37.9 Å². The van der Waals surface area contributed by atoms with Gasteiger partial charge in [-0.2, -0.15) is 0 Å². The van der Waals surface area contributed by atoms with Crippen molar-refractivity contribution in [3.63, 3.8) is 0 Å². The molecule has 8 nitrogen and oxygen atoms in total. The quantitative estimate of drug-likeness (QED) is 0.135. The predicted molar refractivity (Wildman–Crippen MR) is 151 cm³/mol. The summed E-state index contributed by atoms with van der Waals surface area (Å²) in [4.78, 5) is 0. The molecule has 2 fully saturated rings. The Morgan fingerprint density at radius 2 is 0.750 bits per heavy atom. The van der Waals surface area contributed by atoms with E-state index < -0.39 is 0 Å². The van der Waals surface area contributed by atoms with Crippen molar-refractivity contribution in [1.82, 2.24) is 0 Å². The van der Waals surface area contributed by atoms with Crippen LogP contribution in [0.3, 0.4) is 0 Å². The molecule has 0 spiro atoms. The number of hydrogen-bond donors (Lipinski definition) is 0. The van der Waals surface area contributed by atoms with Crippen LogP contribution >= 0.6 is 0 Å². The van der Waals surface area contributed by atoms with Gasteiger partial charge in [-0.1, -0.05) is 24.3 Å². The first kappa shape index (κ1) is 26.7. The second kappa shape index (κ2) is 13.2. The molecule has 4 aromatic carbocycles. The Bertz CT molecular complexity index is 1290. The predicted octanol–water partition coefficient (Wildman–Crippen LogP) is 5.04. The van der Waals surface area contributed by atoms with Crippen LogP contribution in [0, 0.1) is 0 Å². The average molecular weight is 547 g/mol. The van der Waals surface area contributed by atoms with Gasteiger partial charge in [-0.15, -0.1) is 0 Å². The third kappa shape index (κ3) is 7.99. The summed E-state index contributed by atoms with van der Waals surface area (Å²) in [5, 5.41) is 4.36. The summed E-state index contributed by atoms with van der Waals surface area (Å²) in [6.45, 7) is 5.91. The minimum Gasteiger partial charge on any atom is -0.491 e. The van der Waals surface area contributed by atoms with Gasteiger partial charge in [-0.05, 0) is 70.1 Å². The lowest BCUT2D eigenvalue weighted by atomic mass is 10.1. The molecule has 2 saturated heterocycles. The van der Waals surface area contributed by atoms with Gasteiger partial charge >= 0.3 is 0 Å². The van der Waals surface area contributed by atoms with Crippen molar-refractivity contribution >= 4 is 21.5 Å². The molecule has 2 atom stereocenters. The fourth-order valence-electron chi connectivity index (χ4n) is 4.28. The highest BCUT2D eigenvalue weighted by Crippen LogP contribution is 2.27. The number of hydrogen-bond acceptors (Lipinski definition) is 8. The lowest BCUT2D eigenvalue weighted by Gasteiger charge is -2.11. The molecule has 0 radical (unpaired) electrons. The summed E-state index contributed by atoms with van der Waals surface area (Å²) in [5.74, 6) is 3.25. The molecule has 2 heterocycles. The van der Waals surface area contributed by atoms with E-state index in [1.165, 1.54) is 0 Å². The van der Waals surface area contributed by atoms with Gasteiger partial charge in [-0.25, -0.2) is 0 Å². The Hall–Kier alpha value is -3.56. The van der Waals surface area contributed by atoms with Crippen LogP contribution in [0.25, 0.3) is 21.5 Å². The van der Waals surface area contributed by atoms with E-state index in [4.69, 9.17) is 37.9 Å². The van der Waals surface area contributed by atoms with E-state index in [0.717, 1.165) is 57.8 Å². The molecule has 2 aliphatic heterocycles. The Morgan fingerprint density at radius 1 is 0.450 bits per heavy atom. The molecule has 6 rings (SSSR count). The van der Waals surface area contributed by atoms with Crippen LogP contribution in [0.5, 0.6) is 23.0 Å². The first-order valence-electron chi connectivity index (χ1n) is 13.8. The molecule has 4 aromatic rings. The van der Waals surface area contributed by atoms with Gasteiger partial charge in [0.25, 0.3) is 0 Å². The normalized spacial score (nSPS) is 17.6. The molecule has 210 valence electrons.